The Bertz CT molecular complexity index is 2320. The Balaban J connectivity index is 0.924. The predicted octanol–water partition coefficient (Wildman–Crippen LogP) is 4.93. The lowest BCUT2D eigenvalue weighted by Gasteiger charge is -2.35. The van der Waals surface area contributed by atoms with Crippen molar-refractivity contribution in [3.63, 3.8) is 0 Å². The maximum Gasteiger partial charge on any atom is 0.424 e. The molecule has 2 atom stereocenters. The number of ketones is 1. The molecule has 7 rings (SSSR count). The summed E-state index contributed by atoms with van der Waals surface area (Å²) in [5, 5.41) is 6.13. The number of imide groups is 6. The van der Waals surface area contributed by atoms with Crippen LogP contribution in [0.15, 0.2) is 36.4 Å². The van der Waals surface area contributed by atoms with E-state index in [0.717, 1.165) is 0 Å². The first kappa shape index (κ1) is 44.6. The van der Waals surface area contributed by atoms with E-state index < -0.39 is 76.8 Å². The van der Waals surface area contributed by atoms with Gasteiger partial charge in [0.15, 0.2) is 5.78 Å². The molecule has 334 valence electrons. The first-order valence-corrected chi connectivity index (χ1v) is 21.3. The molecule has 4 aliphatic heterocycles. The van der Waals surface area contributed by atoms with Crippen molar-refractivity contribution in [1.29, 1.82) is 0 Å². The van der Waals surface area contributed by atoms with Gasteiger partial charge in [0.2, 0.25) is 17.7 Å². The summed E-state index contributed by atoms with van der Waals surface area (Å²) in [5.74, 6) is -5.01. The molecular weight excluding hydrogens is 817 g/mol. The molecule has 2 unspecified atom stereocenters. The van der Waals surface area contributed by atoms with Crippen LogP contribution >= 0.6 is 0 Å². The highest BCUT2D eigenvalue weighted by Gasteiger charge is 2.48. The van der Waals surface area contributed by atoms with E-state index in [1.807, 2.05) is 0 Å². The quantitative estimate of drug-likeness (QED) is 0.336. The number of likely N-dealkylation sites (tertiary alicyclic amines) is 2. The van der Waals surface area contributed by atoms with Gasteiger partial charge in [0.1, 0.15) is 23.3 Å². The molecule has 2 aromatic carbocycles. The van der Waals surface area contributed by atoms with Gasteiger partial charge in [-0.1, -0.05) is 12.1 Å². The molecular formula is C45H52N6O12. The number of Topliss-reactive ketones (excluding diaryl/α,β-unsaturated/α-hetero) is 1. The minimum Gasteiger partial charge on any atom is -0.443 e. The predicted molar refractivity (Wildman–Crippen MR) is 222 cm³/mol. The number of nitrogens with zero attached hydrogens (tertiary/aromatic N) is 4. The van der Waals surface area contributed by atoms with Gasteiger partial charge in [0.25, 0.3) is 23.6 Å². The Hall–Kier alpha value is -6.46. The first-order chi connectivity index (χ1) is 29.6. The molecule has 0 aromatic heterocycles. The minimum absolute atomic E-state index is 0.0190. The number of amides is 9. The van der Waals surface area contributed by atoms with Crippen molar-refractivity contribution in [1.82, 2.24) is 19.6 Å². The standard InChI is InChI=1S/C45H52N6O12/c1-44(2,3)62-42(60)50-35(53)19-17-32(40(50)58)48-22-28-26(38(48)56)9-7-11-30(28)46-21-34(52)24-13-15-25(16-14-24)37(55)47-31-12-8-10-27-29(31)23-49(39(27)57)33-18-20-36(54)51(41(33)59)43(61)63-45(4,5)6/h7-12,24-25,32-33,46H,13-23H2,1-6H3,(H,47,55). The summed E-state index contributed by atoms with van der Waals surface area (Å²) in [6.45, 7) is 9.65. The Morgan fingerprint density at radius 1 is 0.603 bits per heavy atom. The zero-order valence-corrected chi connectivity index (χ0v) is 36.2. The highest BCUT2D eigenvalue weighted by Crippen LogP contribution is 2.37. The Labute approximate surface area is 363 Å². The van der Waals surface area contributed by atoms with Crippen molar-refractivity contribution in [2.24, 2.45) is 11.8 Å². The van der Waals surface area contributed by atoms with E-state index in [1.165, 1.54) is 9.80 Å². The van der Waals surface area contributed by atoms with Crippen LogP contribution in [0.2, 0.25) is 0 Å². The summed E-state index contributed by atoms with van der Waals surface area (Å²) in [6.07, 6.45) is -0.551. The number of carbonyl (C=O) groups excluding carboxylic acids is 10. The van der Waals surface area contributed by atoms with Gasteiger partial charge in [-0.25, -0.2) is 9.59 Å². The molecule has 0 radical (unpaired) electrons. The largest absolute Gasteiger partial charge is 0.443 e. The topological polar surface area (TPSA) is 226 Å². The second kappa shape index (κ2) is 17.0. The summed E-state index contributed by atoms with van der Waals surface area (Å²) in [5.41, 5.74) is 0.797. The highest BCUT2D eigenvalue weighted by molar-refractivity contribution is 6.15. The number of hydrogen-bond acceptors (Lipinski definition) is 13. The van der Waals surface area contributed by atoms with Crippen molar-refractivity contribution in [3.8, 4) is 0 Å². The lowest BCUT2D eigenvalue weighted by molar-refractivity contribution is -0.152. The molecule has 5 aliphatic rings. The van der Waals surface area contributed by atoms with E-state index in [0.29, 0.717) is 69.1 Å². The monoisotopic (exact) mass is 868 g/mol. The van der Waals surface area contributed by atoms with Gasteiger partial charge in [0, 0.05) is 71.4 Å². The molecule has 0 bridgehead atoms. The maximum absolute atomic E-state index is 13.6. The smallest absolute Gasteiger partial charge is 0.424 e. The van der Waals surface area contributed by atoms with Gasteiger partial charge in [0.05, 0.1) is 6.54 Å². The van der Waals surface area contributed by atoms with Crippen molar-refractivity contribution in [3.05, 3.63) is 58.7 Å². The average Bonchev–Trinajstić information content (AvgIpc) is 3.72. The molecule has 4 heterocycles. The van der Waals surface area contributed by atoms with Crippen LogP contribution in [0.25, 0.3) is 0 Å². The second-order valence-electron chi connectivity index (χ2n) is 18.6. The Kier molecular flexibility index (Phi) is 12.0. The number of benzene rings is 2. The molecule has 9 amide bonds. The summed E-state index contributed by atoms with van der Waals surface area (Å²) in [7, 11) is 0. The lowest BCUT2D eigenvalue weighted by Crippen LogP contribution is -2.57. The fourth-order valence-electron chi connectivity index (χ4n) is 8.85. The van der Waals surface area contributed by atoms with Crippen LogP contribution in [-0.2, 0) is 51.3 Å². The number of fused-ring (bicyclic) bond motifs is 2. The average molecular weight is 869 g/mol. The number of hydrogen-bond donors (Lipinski definition) is 2. The summed E-state index contributed by atoms with van der Waals surface area (Å²) in [6, 6.07) is 7.80. The number of anilines is 2. The lowest BCUT2D eigenvalue weighted by atomic mass is 9.79. The number of piperidine rings is 2. The van der Waals surface area contributed by atoms with Crippen LogP contribution in [0.3, 0.4) is 0 Å². The van der Waals surface area contributed by atoms with Gasteiger partial charge >= 0.3 is 12.2 Å². The maximum atomic E-state index is 13.6. The van der Waals surface area contributed by atoms with E-state index in [4.69, 9.17) is 9.47 Å². The van der Waals surface area contributed by atoms with E-state index in [1.54, 1.807) is 77.9 Å². The third-order valence-electron chi connectivity index (χ3n) is 11.9. The van der Waals surface area contributed by atoms with E-state index >= 15 is 0 Å². The molecule has 1 saturated carbocycles. The van der Waals surface area contributed by atoms with Crippen LogP contribution in [-0.4, -0.2) is 109 Å². The summed E-state index contributed by atoms with van der Waals surface area (Å²) in [4.78, 5) is 136. The minimum atomic E-state index is -1.09. The number of rotatable bonds is 8. The Morgan fingerprint density at radius 3 is 1.49 bits per heavy atom. The highest BCUT2D eigenvalue weighted by atomic mass is 16.6. The molecule has 18 heteroatoms. The normalized spacial score (nSPS) is 22.8. The molecule has 63 heavy (non-hydrogen) atoms. The fourth-order valence-corrected chi connectivity index (χ4v) is 8.85. The summed E-state index contributed by atoms with van der Waals surface area (Å²) >= 11 is 0. The van der Waals surface area contributed by atoms with Crippen molar-refractivity contribution < 1.29 is 57.4 Å². The number of ether oxygens (including phenoxy) is 2. The molecule has 0 spiro atoms. The number of carbonyl (C=O) groups is 10. The SMILES string of the molecule is CC(C)(C)OC(=O)N1C(=O)CCC(N2Cc3c(NCC(=O)C4CCC(C(=O)Nc5cccc6c5CN(C5CCC(=O)N(C(=O)OC(C)(C)C)C5=O)C6=O)CC4)cccc3C2=O)C1=O. The third-order valence-corrected chi connectivity index (χ3v) is 11.9. The summed E-state index contributed by atoms with van der Waals surface area (Å²) < 4.78 is 10.6. The van der Waals surface area contributed by atoms with Crippen LogP contribution in [0, 0.1) is 11.8 Å². The van der Waals surface area contributed by atoms with E-state index in [2.05, 4.69) is 10.6 Å². The number of nitrogens with one attached hydrogen (secondary N) is 2. The van der Waals surface area contributed by atoms with Gasteiger partial charge in [-0.3, -0.25) is 38.4 Å². The van der Waals surface area contributed by atoms with Gasteiger partial charge in [-0.15, -0.1) is 0 Å². The third kappa shape index (κ3) is 9.06. The van der Waals surface area contributed by atoms with Gasteiger partial charge in [-0.2, -0.15) is 9.80 Å². The van der Waals surface area contributed by atoms with E-state index in [-0.39, 0.29) is 62.9 Å². The van der Waals surface area contributed by atoms with Gasteiger partial charge in [-0.05, 0) is 104 Å². The fraction of sp³-hybridized carbons (Fsp3) is 0.511. The Morgan fingerprint density at radius 2 is 1.03 bits per heavy atom. The molecule has 2 N–H and O–H groups in total. The molecule has 2 aromatic rings. The van der Waals surface area contributed by atoms with Crippen molar-refractivity contribution >= 4 is 70.7 Å². The molecule has 3 fully saturated rings. The molecule has 18 nitrogen and oxygen atoms in total. The molecule has 2 saturated heterocycles. The van der Waals surface area contributed by atoms with Crippen LogP contribution in [0.5, 0.6) is 0 Å². The zero-order chi connectivity index (χ0) is 45.7. The van der Waals surface area contributed by atoms with Crippen molar-refractivity contribution in [2.45, 2.75) is 129 Å². The zero-order valence-electron chi connectivity index (χ0n) is 36.2. The van der Waals surface area contributed by atoms with Crippen molar-refractivity contribution in [2.75, 3.05) is 17.2 Å². The van der Waals surface area contributed by atoms with Crippen LogP contribution < -0.4 is 10.6 Å². The van der Waals surface area contributed by atoms with Crippen LogP contribution in [0.4, 0.5) is 21.0 Å². The first-order valence-electron chi connectivity index (χ1n) is 21.3. The van der Waals surface area contributed by atoms with E-state index in [9.17, 15) is 47.9 Å². The molecule has 1 aliphatic carbocycles. The van der Waals surface area contributed by atoms with Gasteiger partial charge < -0.3 is 29.9 Å². The van der Waals surface area contributed by atoms with Crippen LogP contribution in [0.1, 0.15) is 125 Å². The second-order valence-corrected chi connectivity index (χ2v) is 18.6.